The minimum absolute atomic E-state index is 0.163. The zero-order valence-corrected chi connectivity index (χ0v) is 16.4. The first-order valence-corrected chi connectivity index (χ1v) is 11.5. The third kappa shape index (κ3) is 5.93. The van der Waals surface area contributed by atoms with Crippen molar-refractivity contribution >= 4 is 28.9 Å². The Morgan fingerprint density at radius 2 is 2.24 bits per heavy atom. The van der Waals surface area contributed by atoms with Gasteiger partial charge in [0.1, 0.15) is 10.1 Å². The summed E-state index contributed by atoms with van der Waals surface area (Å²) in [5.41, 5.74) is 0. The van der Waals surface area contributed by atoms with Crippen molar-refractivity contribution in [1.29, 1.82) is 0 Å². The monoisotopic (exact) mass is 379 g/mol. The molecule has 3 rings (SSSR count). The number of thiazole rings is 1. The molecule has 0 spiro atoms. The Hall–Kier alpha value is -0.650. The Morgan fingerprint density at radius 3 is 2.96 bits per heavy atom. The molecule has 2 fully saturated rings. The van der Waals surface area contributed by atoms with E-state index in [1.807, 2.05) is 11.6 Å². The molecule has 0 radical (unpaired) electrons. The van der Waals surface area contributed by atoms with E-state index in [-0.39, 0.29) is 12.0 Å². The second-order valence-electron chi connectivity index (χ2n) is 7.40. The number of aliphatic hydroxyl groups is 1. The van der Waals surface area contributed by atoms with Gasteiger partial charge in [-0.2, -0.15) is 0 Å². The molecule has 1 N–H and O–H groups in total. The van der Waals surface area contributed by atoms with Crippen LogP contribution in [0.3, 0.4) is 0 Å². The number of aromatic nitrogens is 1. The number of aliphatic hydroxyl groups excluding tert-OH is 1. The maximum Gasteiger partial charge on any atom is 0.149 e. The molecule has 0 amide bonds. The molecule has 0 unspecified atom stereocenters. The minimum Gasteiger partial charge on any atom is -0.393 e. The van der Waals surface area contributed by atoms with E-state index >= 15 is 0 Å². The molecule has 25 heavy (non-hydrogen) atoms. The summed E-state index contributed by atoms with van der Waals surface area (Å²) < 4.78 is 1.09. The minimum atomic E-state index is -0.215. The van der Waals surface area contributed by atoms with Crippen molar-refractivity contribution < 1.29 is 9.90 Å². The molecule has 2 aliphatic carbocycles. The number of Topliss-reactive ketones (excluding diaryl/α,β-unsaturated/α-hetero) is 1. The van der Waals surface area contributed by atoms with Crippen molar-refractivity contribution in [3.05, 3.63) is 23.7 Å². The summed E-state index contributed by atoms with van der Waals surface area (Å²) >= 11 is 3.42. The fourth-order valence-electron chi connectivity index (χ4n) is 3.83. The molecular weight excluding hydrogens is 350 g/mol. The lowest BCUT2D eigenvalue weighted by atomic mass is 9.81. The first-order chi connectivity index (χ1) is 12.2. The molecule has 1 aromatic rings. The van der Waals surface area contributed by atoms with Crippen LogP contribution in [-0.2, 0) is 4.79 Å². The summed E-state index contributed by atoms with van der Waals surface area (Å²) in [6.45, 7) is 0. The van der Waals surface area contributed by atoms with E-state index in [9.17, 15) is 9.90 Å². The first-order valence-electron chi connectivity index (χ1n) is 9.62. The lowest BCUT2D eigenvalue weighted by Crippen LogP contribution is -2.15. The average molecular weight is 380 g/mol. The SMILES string of the molecule is O=C1CC[C@H](/C=C/C[C@@H](O)CCC2CCC2)[C@H]1CCSc1nccs1. The predicted molar refractivity (Wildman–Crippen MR) is 105 cm³/mol. The van der Waals surface area contributed by atoms with Gasteiger partial charge in [0.05, 0.1) is 6.10 Å². The third-order valence-corrected chi connectivity index (χ3v) is 7.64. The molecule has 3 nitrogen and oxygen atoms in total. The van der Waals surface area contributed by atoms with Gasteiger partial charge in [-0.25, -0.2) is 4.98 Å². The summed E-state index contributed by atoms with van der Waals surface area (Å²) in [6, 6.07) is 0. The fraction of sp³-hybridized carbons (Fsp3) is 0.700. The molecule has 2 saturated carbocycles. The predicted octanol–water partition coefficient (Wildman–Crippen LogP) is 5.11. The summed E-state index contributed by atoms with van der Waals surface area (Å²) in [6.07, 6.45) is 15.5. The smallest absolute Gasteiger partial charge is 0.149 e. The van der Waals surface area contributed by atoms with Crippen molar-refractivity contribution in [2.75, 3.05) is 5.75 Å². The number of carbonyl (C=O) groups is 1. The Bertz CT molecular complexity index is 554. The highest BCUT2D eigenvalue weighted by molar-refractivity contribution is 8.00. The van der Waals surface area contributed by atoms with Gasteiger partial charge in [-0.3, -0.25) is 4.79 Å². The lowest BCUT2D eigenvalue weighted by Gasteiger charge is -2.25. The van der Waals surface area contributed by atoms with Crippen LogP contribution in [0.15, 0.2) is 28.1 Å². The van der Waals surface area contributed by atoms with E-state index in [1.165, 1.54) is 25.7 Å². The largest absolute Gasteiger partial charge is 0.393 e. The highest BCUT2D eigenvalue weighted by atomic mass is 32.2. The molecule has 2 aliphatic rings. The quantitative estimate of drug-likeness (QED) is 0.453. The second kappa shape index (κ2) is 9.89. The zero-order valence-electron chi connectivity index (χ0n) is 14.8. The average Bonchev–Trinajstić information content (AvgIpc) is 3.18. The van der Waals surface area contributed by atoms with Gasteiger partial charge in [0.15, 0.2) is 0 Å². The van der Waals surface area contributed by atoms with E-state index < -0.39 is 0 Å². The van der Waals surface area contributed by atoms with Crippen LogP contribution in [0.25, 0.3) is 0 Å². The molecule has 138 valence electrons. The molecule has 5 heteroatoms. The van der Waals surface area contributed by atoms with Crippen LogP contribution in [0.1, 0.15) is 57.8 Å². The maximum absolute atomic E-state index is 12.2. The summed E-state index contributed by atoms with van der Waals surface area (Å²) in [7, 11) is 0. The van der Waals surface area contributed by atoms with E-state index in [1.54, 1.807) is 23.1 Å². The van der Waals surface area contributed by atoms with Crippen LogP contribution in [-0.4, -0.2) is 27.7 Å². The normalized spacial score (nSPS) is 25.6. The Balaban J connectivity index is 1.37. The molecule has 1 aromatic heterocycles. The van der Waals surface area contributed by atoms with Gasteiger partial charge in [-0.15, -0.1) is 11.3 Å². The molecule has 0 bridgehead atoms. The van der Waals surface area contributed by atoms with Crippen molar-refractivity contribution in [3.8, 4) is 0 Å². The molecule has 3 atom stereocenters. The highest BCUT2D eigenvalue weighted by Crippen LogP contribution is 2.35. The van der Waals surface area contributed by atoms with Gasteiger partial charge in [0.2, 0.25) is 0 Å². The van der Waals surface area contributed by atoms with Crippen LogP contribution in [0.5, 0.6) is 0 Å². The van der Waals surface area contributed by atoms with Crippen LogP contribution in [0, 0.1) is 17.8 Å². The van der Waals surface area contributed by atoms with Gasteiger partial charge in [0.25, 0.3) is 0 Å². The second-order valence-corrected chi connectivity index (χ2v) is 9.64. The number of hydrogen-bond donors (Lipinski definition) is 1. The lowest BCUT2D eigenvalue weighted by molar-refractivity contribution is -0.121. The van der Waals surface area contributed by atoms with Crippen LogP contribution < -0.4 is 0 Å². The van der Waals surface area contributed by atoms with Crippen molar-refractivity contribution in [2.24, 2.45) is 17.8 Å². The topological polar surface area (TPSA) is 50.2 Å². The number of nitrogens with zero attached hydrogens (tertiary/aromatic N) is 1. The molecule has 0 aromatic carbocycles. The van der Waals surface area contributed by atoms with E-state index in [4.69, 9.17) is 0 Å². The van der Waals surface area contributed by atoms with Crippen LogP contribution in [0.2, 0.25) is 0 Å². The van der Waals surface area contributed by atoms with E-state index in [2.05, 4.69) is 17.1 Å². The van der Waals surface area contributed by atoms with E-state index in [0.717, 1.165) is 41.7 Å². The van der Waals surface area contributed by atoms with Gasteiger partial charge in [-0.05, 0) is 43.9 Å². The molecule has 0 aliphatic heterocycles. The number of allylic oxidation sites excluding steroid dienone is 1. The Labute approximate surface area is 159 Å². The van der Waals surface area contributed by atoms with Crippen LogP contribution >= 0.6 is 23.1 Å². The van der Waals surface area contributed by atoms with Crippen molar-refractivity contribution in [1.82, 2.24) is 4.98 Å². The van der Waals surface area contributed by atoms with Gasteiger partial charge >= 0.3 is 0 Å². The van der Waals surface area contributed by atoms with E-state index in [0.29, 0.717) is 18.1 Å². The molecule has 1 heterocycles. The van der Waals surface area contributed by atoms with Crippen molar-refractivity contribution in [2.45, 2.75) is 68.2 Å². The number of hydrogen-bond acceptors (Lipinski definition) is 5. The summed E-state index contributed by atoms with van der Waals surface area (Å²) in [5.74, 6) is 2.77. The molecule has 0 saturated heterocycles. The number of carbonyl (C=O) groups excluding carboxylic acids is 1. The van der Waals surface area contributed by atoms with Gasteiger partial charge < -0.3 is 5.11 Å². The number of rotatable bonds is 10. The first kappa shape index (κ1) is 19.1. The zero-order chi connectivity index (χ0) is 17.5. The third-order valence-electron chi connectivity index (χ3n) is 5.64. The summed E-state index contributed by atoms with van der Waals surface area (Å²) in [5, 5.41) is 12.1. The maximum atomic E-state index is 12.2. The number of thioether (sulfide) groups is 1. The van der Waals surface area contributed by atoms with Gasteiger partial charge in [-0.1, -0.05) is 43.2 Å². The van der Waals surface area contributed by atoms with Crippen molar-refractivity contribution in [3.63, 3.8) is 0 Å². The fourth-order valence-corrected chi connectivity index (χ4v) is 5.56. The molecular formula is C20H29NO2S2. The standard InChI is InChI=1S/C20H29NO2S2/c22-17(9-7-15-3-1-4-15)6-2-5-16-8-10-19(23)18(16)11-13-24-20-21-12-14-25-20/h2,5,12,14-18,22H,1,3-4,6-11,13H2/b5-2+/t16-,17+,18+/m0/s1. The number of ketones is 1. The Kier molecular flexibility index (Phi) is 7.56. The Morgan fingerprint density at radius 1 is 1.36 bits per heavy atom. The highest BCUT2D eigenvalue weighted by Gasteiger charge is 2.32. The summed E-state index contributed by atoms with van der Waals surface area (Å²) in [4.78, 5) is 16.5. The van der Waals surface area contributed by atoms with Crippen LogP contribution in [0.4, 0.5) is 0 Å². The van der Waals surface area contributed by atoms with Gasteiger partial charge in [0, 0.05) is 29.7 Å².